The van der Waals surface area contributed by atoms with E-state index in [2.05, 4.69) is 0 Å². The lowest BCUT2D eigenvalue weighted by Gasteiger charge is -2.18. The number of nitrogens with zero attached hydrogens (tertiary/aromatic N) is 1. The number of rotatable bonds is 4. The lowest BCUT2D eigenvalue weighted by atomic mass is 10.1. The highest BCUT2D eigenvalue weighted by molar-refractivity contribution is 7.10. The standard InChI is InChI=1S/C13H17NO4S/c15-7-9-5-12(16)14(6-9)2-1-11-13-10(8-19-11)17-3-4-18-13/h8-9,15H,1-7H2. The summed E-state index contributed by atoms with van der Waals surface area (Å²) in [5, 5.41) is 11.1. The van der Waals surface area contributed by atoms with Crippen LogP contribution in [0.2, 0.25) is 0 Å². The third kappa shape index (κ3) is 2.55. The van der Waals surface area contributed by atoms with Crippen LogP contribution in [0, 0.1) is 5.92 Å². The molecule has 2 aliphatic heterocycles. The molecule has 1 atom stereocenters. The first-order valence-corrected chi connectivity index (χ1v) is 7.40. The van der Waals surface area contributed by atoms with Crippen LogP contribution in [0.5, 0.6) is 11.5 Å². The molecule has 0 bridgehead atoms. The highest BCUT2D eigenvalue weighted by Gasteiger charge is 2.29. The van der Waals surface area contributed by atoms with Crippen LogP contribution in [0.15, 0.2) is 5.38 Å². The van der Waals surface area contributed by atoms with Gasteiger partial charge in [0.25, 0.3) is 0 Å². The summed E-state index contributed by atoms with van der Waals surface area (Å²) in [5.41, 5.74) is 0. The summed E-state index contributed by atoms with van der Waals surface area (Å²) in [6, 6.07) is 0. The van der Waals surface area contributed by atoms with Gasteiger partial charge < -0.3 is 19.5 Å². The van der Waals surface area contributed by atoms with Crippen molar-refractivity contribution in [2.75, 3.05) is 32.9 Å². The first kappa shape index (κ1) is 12.7. The van der Waals surface area contributed by atoms with Gasteiger partial charge in [0.1, 0.15) is 13.2 Å². The first-order valence-electron chi connectivity index (χ1n) is 6.52. The third-order valence-corrected chi connectivity index (χ3v) is 4.54. The minimum Gasteiger partial charge on any atom is -0.485 e. The van der Waals surface area contributed by atoms with Crippen LogP contribution in [0.4, 0.5) is 0 Å². The summed E-state index contributed by atoms with van der Waals surface area (Å²) >= 11 is 1.62. The van der Waals surface area contributed by atoms with Crippen molar-refractivity contribution >= 4 is 17.2 Å². The molecule has 0 aromatic carbocycles. The molecule has 1 saturated heterocycles. The van der Waals surface area contributed by atoms with E-state index in [1.165, 1.54) is 0 Å². The SMILES string of the molecule is O=C1CC(CO)CN1CCc1scc2c1OCCO2. The second-order valence-corrected chi connectivity index (χ2v) is 5.86. The predicted molar refractivity (Wildman–Crippen MR) is 70.8 cm³/mol. The number of ether oxygens (including phenoxy) is 2. The molecule has 1 aromatic heterocycles. The van der Waals surface area contributed by atoms with E-state index in [1.54, 1.807) is 11.3 Å². The van der Waals surface area contributed by atoms with Gasteiger partial charge in [-0.15, -0.1) is 11.3 Å². The van der Waals surface area contributed by atoms with E-state index in [9.17, 15) is 4.79 Å². The zero-order valence-corrected chi connectivity index (χ0v) is 11.4. The van der Waals surface area contributed by atoms with Crippen molar-refractivity contribution in [2.24, 2.45) is 5.92 Å². The Hall–Kier alpha value is -1.27. The zero-order valence-electron chi connectivity index (χ0n) is 10.6. The van der Waals surface area contributed by atoms with E-state index in [4.69, 9.17) is 14.6 Å². The maximum Gasteiger partial charge on any atom is 0.223 e. The Balaban J connectivity index is 1.61. The van der Waals surface area contributed by atoms with Gasteiger partial charge in [0.05, 0.1) is 4.88 Å². The van der Waals surface area contributed by atoms with Crippen molar-refractivity contribution in [1.29, 1.82) is 0 Å². The summed E-state index contributed by atoms with van der Waals surface area (Å²) in [6.45, 7) is 2.64. The van der Waals surface area contributed by atoms with E-state index >= 15 is 0 Å². The van der Waals surface area contributed by atoms with Crippen LogP contribution in [0.1, 0.15) is 11.3 Å². The molecule has 6 heteroatoms. The molecule has 104 valence electrons. The van der Waals surface area contributed by atoms with Gasteiger partial charge in [-0.05, 0) is 0 Å². The largest absolute Gasteiger partial charge is 0.485 e. The van der Waals surface area contributed by atoms with Crippen molar-refractivity contribution in [3.63, 3.8) is 0 Å². The molecule has 3 heterocycles. The molecule has 0 spiro atoms. The summed E-state index contributed by atoms with van der Waals surface area (Å²) in [5.74, 6) is 1.92. The lowest BCUT2D eigenvalue weighted by Crippen LogP contribution is -2.28. The van der Waals surface area contributed by atoms with Crippen molar-refractivity contribution < 1.29 is 19.4 Å². The number of carbonyl (C=O) groups is 1. The van der Waals surface area contributed by atoms with E-state index in [1.807, 2.05) is 10.3 Å². The Kier molecular flexibility index (Phi) is 3.61. The van der Waals surface area contributed by atoms with Crippen molar-refractivity contribution in [3.05, 3.63) is 10.3 Å². The quantitative estimate of drug-likeness (QED) is 0.892. The molecular weight excluding hydrogens is 266 g/mol. The van der Waals surface area contributed by atoms with Gasteiger partial charge in [0.2, 0.25) is 5.91 Å². The van der Waals surface area contributed by atoms with Gasteiger partial charge >= 0.3 is 0 Å². The normalized spacial score (nSPS) is 22.1. The van der Waals surface area contributed by atoms with Crippen molar-refractivity contribution in [1.82, 2.24) is 4.90 Å². The summed E-state index contributed by atoms with van der Waals surface area (Å²) in [4.78, 5) is 14.7. The second-order valence-electron chi connectivity index (χ2n) is 4.89. The molecule has 0 aliphatic carbocycles. The summed E-state index contributed by atoms with van der Waals surface area (Å²) < 4.78 is 11.1. The van der Waals surface area contributed by atoms with Gasteiger partial charge in [0.15, 0.2) is 11.5 Å². The topological polar surface area (TPSA) is 59.0 Å². The molecule has 1 N–H and O–H groups in total. The van der Waals surface area contributed by atoms with Gasteiger partial charge in [-0.2, -0.15) is 0 Å². The van der Waals surface area contributed by atoms with Crippen LogP contribution < -0.4 is 9.47 Å². The number of hydrogen-bond acceptors (Lipinski definition) is 5. The van der Waals surface area contributed by atoms with Crippen LogP contribution in [0.3, 0.4) is 0 Å². The predicted octanol–water partition coefficient (Wildman–Crippen LogP) is 0.903. The van der Waals surface area contributed by atoms with E-state index in [-0.39, 0.29) is 18.4 Å². The first-order chi connectivity index (χ1) is 9.28. The fourth-order valence-corrected chi connectivity index (χ4v) is 3.42. The lowest BCUT2D eigenvalue weighted by molar-refractivity contribution is -0.127. The average Bonchev–Trinajstić information content (AvgIpc) is 3.00. The Morgan fingerprint density at radius 3 is 3.05 bits per heavy atom. The Bertz CT molecular complexity index is 473. The maximum atomic E-state index is 11.8. The van der Waals surface area contributed by atoms with Gasteiger partial charge in [-0.1, -0.05) is 0 Å². The Morgan fingerprint density at radius 1 is 1.42 bits per heavy atom. The molecule has 19 heavy (non-hydrogen) atoms. The smallest absolute Gasteiger partial charge is 0.223 e. The molecule has 1 aromatic rings. The maximum absolute atomic E-state index is 11.8. The Labute approximate surface area is 115 Å². The average molecular weight is 283 g/mol. The molecule has 5 nitrogen and oxygen atoms in total. The minimum atomic E-state index is 0.0909. The van der Waals surface area contributed by atoms with Crippen molar-refractivity contribution in [3.8, 4) is 11.5 Å². The second kappa shape index (κ2) is 5.38. The monoisotopic (exact) mass is 283 g/mol. The minimum absolute atomic E-state index is 0.0909. The Morgan fingerprint density at radius 2 is 2.26 bits per heavy atom. The van der Waals surface area contributed by atoms with Crippen LogP contribution >= 0.6 is 11.3 Å². The van der Waals surface area contributed by atoms with Crippen molar-refractivity contribution in [2.45, 2.75) is 12.8 Å². The molecular formula is C13H17NO4S. The fraction of sp³-hybridized carbons (Fsp3) is 0.615. The number of amides is 1. The summed E-state index contributed by atoms with van der Waals surface area (Å²) in [6.07, 6.45) is 1.26. The van der Waals surface area contributed by atoms with E-state index in [0.717, 1.165) is 22.8 Å². The van der Waals surface area contributed by atoms with Gasteiger partial charge in [0, 0.05) is 43.8 Å². The number of thiophene rings is 1. The van der Waals surface area contributed by atoms with Crippen LogP contribution in [-0.4, -0.2) is 48.8 Å². The van der Waals surface area contributed by atoms with E-state index in [0.29, 0.717) is 32.7 Å². The number of carbonyl (C=O) groups excluding carboxylic acids is 1. The molecule has 0 saturated carbocycles. The number of likely N-dealkylation sites (tertiary alicyclic amines) is 1. The number of fused-ring (bicyclic) bond motifs is 1. The van der Waals surface area contributed by atoms with Crippen LogP contribution in [0.25, 0.3) is 0 Å². The molecule has 3 rings (SSSR count). The van der Waals surface area contributed by atoms with E-state index < -0.39 is 0 Å². The van der Waals surface area contributed by atoms with Gasteiger partial charge in [-0.25, -0.2) is 0 Å². The number of aliphatic hydroxyl groups excluding tert-OH is 1. The molecule has 0 radical (unpaired) electrons. The number of hydrogen-bond donors (Lipinski definition) is 1. The molecule has 1 amide bonds. The highest BCUT2D eigenvalue weighted by atomic mass is 32.1. The highest BCUT2D eigenvalue weighted by Crippen LogP contribution is 2.39. The number of aliphatic hydroxyl groups is 1. The summed E-state index contributed by atoms with van der Waals surface area (Å²) in [7, 11) is 0. The molecule has 1 unspecified atom stereocenters. The van der Waals surface area contributed by atoms with Gasteiger partial charge in [-0.3, -0.25) is 4.79 Å². The molecule has 2 aliphatic rings. The fourth-order valence-electron chi connectivity index (χ4n) is 2.52. The third-order valence-electron chi connectivity index (χ3n) is 3.53. The molecule has 1 fully saturated rings. The van der Waals surface area contributed by atoms with Crippen LogP contribution in [-0.2, 0) is 11.2 Å². The zero-order chi connectivity index (χ0) is 13.2.